The maximum Gasteiger partial charge on any atom is 0.472 e. The average molecular weight is 1390 g/mol. The number of carbonyl (C=O) groups is 4. The van der Waals surface area contributed by atoms with Crippen molar-refractivity contribution < 1.29 is 80.2 Å². The van der Waals surface area contributed by atoms with E-state index in [2.05, 4.69) is 119 Å². The first kappa shape index (κ1) is 91.5. The summed E-state index contributed by atoms with van der Waals surface area (Å²) in [5.74, 6) is -2.38. The fourth-order valence-electron chi connectivity index (χ4n) is 9.40. The van der Waals surface area contributed by atoms with Gasteiger partial charge in [-0.1, -0.05) is 265 Å². The van der Waals surface area contributed by atoms with Crippen LogP contribution in [0.1, 0.15) is 285 Å². The number of hydrogen-bond acceptors (Lipinski definition) is 15. The lowest BCUT2D eigenvalue weighted by atomic mass is 10.0. The highest BCUT2D eigenvalue weighted by atomic mass is 31.2. The van der Waals surface area contributed by atoms with Crippen molar-refractivity contribution in [1.29, 1.82) is 0 Å². The summed E-state index contributed by atoms with van der Waals surface area (Å²) in [6.07, 6.45) is 73.8. The van der Waals surface area contributed by atoms with E-state index in [-0.39, 0.29) is 25.7 Å². The van der Waals surface area contributed by atoms with Crippen LogP contribution in [0.5, 0.6) is 0 Å². The van der Waals surface area contributed by atoms with Gasteiger partial charge in [-0.3, -0.25) is 37.3 Å². The summed E-state index contributed by atoms with van der Waals surface area (Å²) in [5, 5.41) is 10.6. The molecule has 0 aromatic rings. The molecule has 0 heterocycles. The number of esters is 4. The van der Waals surface area contributed by atoms with E-state index in [0.717, 1.165) is 122 Å². The topological polar surface area (TPSA) is 237 Å². The van der Waals surface area contributed by atoms with E-state index >= 15 is 0 Å². The van der Waals surface area contributed by atoms with Crippen molar-refractivity contribution in [2.45, 2.75) is 303 Å². The standard InChI is InChI=1S/C77H130O17P2/c1-5-9-13-17-21-25-29-33-35-39-42-46-50-54-58-62-75(80)88-68-73(94-77(82)64-60-56-52-48-44-40-36-34-30-26-22-18-14-10-6-2)70-92-96(85,86)90-66-71(78)65-89-95(83,84)91-69-72(93-76(81)63-59-55-51-47-43-38-32-28-24-20-16-12-8-4)67-87-74(79)61-57-53-49-45-41-37-31-27-23-19-15-11-7-3/h9-10,13-14,21-22,25-27,31,33-36,42,44,46,48,54,58,71-73,78H,5-8,11-12,15-20,23-24,28-30,32,37-41,43,45,47,49-53,55-57,59-70H2,1-4H3,(H,83,84)(H,85,86)/b13-9-,14-10-,25-21-,26-22-,31-27-,35-33-,36-34-,46-42-,48-44-,58-54-. The van der Waals surface area contributed by atoms with Crippen LogP contribution in [0.25, 0.3) is 0 Å². The minimum Gasteiger partial charge on any atom is -0.462 e. The zero-order valence-electron chi connectivity index (χ0n) is 59.8. The lowest BCUT2D eigenvalue weighted by Crippen LogP contribution is -2.30. The van der Waals surface area contributed by atoms with E-state index < -0.39 is 97.5 Å². The molecule has 96 heavy (non-hydrogen) atoms. The molecule has 0 fully saturated rings. The van der Waals surface area contributed by atoms with Crippen molar-refractivity contribution >= 4 is 39.5 Å². The molecule has 0 saturated heterocycles. The average Bonchev–Trinajstić information content (AvgIpc) is 1.36. The van der Waals surface area contributed by atoms with Crippen molar-refractivity contribution in [3.63, 3.8) is 0 Å². The third-order valence-corrected chi connectivity index (χ3v) is 16.9. The number of aliphatic hydroxyl groups is 1. The number of carbonyl (C=O) groups excluding carboxylic acids is 4. The first-order valence-electron chi connectivity index (χ1n) is 36.8. The molecule has 19 heteroatoms. The third kappa shape index (κ3) is 68.0. The normalized spacial score (nSPS) is 14.7. The summed E-state index contributed by atoms with van der Waals surface area (Å²) in [4.78, 5) is 72.6. The summed E-state index contributed by atoms with van der Waals surface area (Å²) in [6, 6.07) is 0. The minimum absolute atomic E-state index is 0.0208. The number of phosphoric acid groups is 2. The van der Waals surface area contributed by atoms with Crippen LogP contribution in [-0.4, -0.2) is 96.7 Å². The van der Waals surface area contributed by atoms with Crippen LogP contribution in [0.4, 0.5) is 0 Å². The third-order valence-electron chi connectivity index (χ3n) is 15.0. The van der Waals surface area contributed by atoms with Gasteiger partial charge >= 0.3 is 39.5 Å². The Labute approximate surface area is 581 Å². The predicted octanol–water partition coefficient (Wildman–Crippen LogP) is 20.8. The maximum absolute atomic E-state index is 13.0. The molecule has 0 saturated carbocycles. The van der Waals surface area contributed by atoms with Crippen molar-refractivity contribution in [3.05, 3.63) is 122 Å². The molecular formula is C77H130O17P2. The van der Waals surface area contributed by atoms with Crippen molar-refractivity contribution in [1.82, 2.24) is 0 Å². The van der Waals surface area contributed by atoms with E-state index in [1.807, 2.05) is 24.3 Å². The second kappa shape index (κ2) is 69.0. The fraction of sp³-hybridized carbons (Fsp3) is 0.688. The number of allylic oxidation sites excluding steroid dienone is 19. The number of ether oxygens (including phenoxy) is 4. The second-order valence-electron chi connectivity index (χ2n) is 24.1. The molecule has 0 radical (unpaired) electrons. The van der Waals surface area contributed by atoms with Crippen LogP contribution in [0, 0.1) is 0 Å². The summed E-state index contributed by atoms with van der Waals surface area (Å²) in [6.45, 7) is 4.45. The van der Waals surface area contributed by atoms with Crippen molar-refractivity contribution in [2.75, 3.05) is 39.6 Å². The predicted molar refractivity (Wildman–Crippen MR) is 390 cm³/mol. The fourth-order valence-corrected chi connectivity index (χ4v) is 11.0. The molecule has 0 rings (SSSR count). The van der Waals surface area contributed by atoms with Gasteiger partial charge in [0.05, 0.1) is 32.8 Å². The van der Waals surface area contributed by atoms with Crippen LogP contribution in [0.15, 0.2) is 122 Å². The highest BCUT2D eigenvalue weighted by molar-refractivity contribution is 7.47. The van der Waals surface area contributed by atoms with E-state index in [4.69, 9.17) is 37.0 Å². The SMILES string of the molecule is CC/C=C\C/C=C\C/C=C\C/C=C\C/C=C\CC(=O)OCC(COP(=O)(O)OCC(O)COP(=O)(O)OCC(COC(=O)CCCCCCC/C=C\CCCCCC)OC(=O)CCCCCCCCCCCCCCC)OC(=O)CCCC/C=C\C/C=C\C/C=C\C/C=C\CC. The van der Waals surface area contributed by atoms with Gasteiger partial charge in [0.1, 0.15) is 19.3 Å². The number of hydrogen-bond donors (Lipinski definition) is 3. The van der Waals surface area contributed by atoms with Gasteiger partial charge in [-0.15, -0.1) is 0 Å². The monoisotopic (exact) mass is 1390 g/mol. The van der Waals surface area contributed by atoms with Crippen LogP contribution in [-0.2, 0) is 65.4 Å². The molecule has 3 N–H and O–H groups in total. The molecule has 0 aromatic heterocycles. The molecule has 0 amide bonds. The Morgan fingerprint density at radius 3 is 0.969 bits per heavy atom. The summed E-state index contributed by atoms with van der Waals surface area (Å²) in [7, 11) is -9.98. The highest BCUT2D eigenvalue weighted by Gasteiger charge is 2.30. The lowest BCUT2D eigenvalue weighted by Gasteiger charge is -2.21. The molecule has 17 nitrogen and oxygen atoms in total. The van der Waals surface area contributed by atoms with Crippen molar-refractivity contribution in [3.8, 4) is 0 Å². The number of unbranched alkanes of at least 4 members (excludes halogenated alkanes) is 23. The van der Waals surface area contributed by atoms with E-state index in [1.54, 1.807) is 6.08 Å². The number of aliphatic hydroxyl groups excluding tert-OH is 1. The molecule has 0 aliphatic rings. The Kier molecular flexibility index (Phi) is 65.7. The van der Waals surface area contributed by atoms with Gasteiger partial charge in [-0.25, -0.2) is 9.13 Å². The molecule has 550 valence electrons. The van der Waals surface area contributed by atoms with Crippen molar-refractivity contribution in [2.24, 2.45) is 0 Å². The van der Waals surface area contributed by atoms with Crippen LogP contribution < -0.4 is 0 Å². The Hall–Kier alpha value is -4.54. The molecule has 5 unspecified atom stereocenters. The number of rotatable bonds is 68. The van der Waals surface area contributed by atoms with Gasteiger partial charge in [0.25, 0.3) is 0 Å². The van der Waals surface area contributed by atoms with Crippen LogP contribution >= 0.6 is 15.6 Å². The van der Waals surface area contributed by atoms with Gasteiger partial charge in [0.15, 0.2) is 12.2 Å². The molecule has 0 aliphatic carbocycles. The molecule has 0 aromatic carbocycles. The number of phosphoric ester groups is 2. The first-order chi connectivity index (χ1) is 46.7. The quantitative estimate of drug-likeness (QED) is 0.0169. The van der Waals surface area contributed by atoms with Gasteiger partial charge in [0, 0.05) is 19.3 Å². The van der Waals surface area contributed by atoms with Crippen LogP contribution in [0.2, 0.25) is 0 Å². The van der Waals surface area contributed by atoms with Crippen LogP contribution in [0.3, 0.4) is 0 Å². The molecule has 5 atom stereocenters. The Morgan fingerprint density at radius 2 is 0.583 bits per heavy atom. The summed E-state index contributed by atoms with van der Waals surface area (Å²) < 4.78 is 68.2. The van der Waals surface area contributed by atoms with Gasteiger partial charge < -0.3 is 33.8 Å². The zero-order chi connectivity index (χ0) is 70.4. The highest BCUT2D eigenvalue weighted by Crippen LogP contribution is 2.45. The Balaban J connectivity index is 5.45. The van der Waals surface area contributed by atoms with Gasteiger partial charge in [-0.05, 0) is 116 Å². The summed E-state index contributed by atoms with van der Waals surface area (Å²) in [5.41, 5.74) is 0. The molecule has 0 bridgehead atoms. The first-order valence-corrected chi connectivity index (χ1v) is 39.8. The van der Waals surface area contributed by atoms with Gasteiger partial charge in [0.2, 0.25) is 0 Å². The van der Waals surface area contributed by atoms with E-state index in [0.29, 0.717) is 32.1 Å². The zero-order valence-corrected chi connectivity index (χ0v) is 61.5. The van der Waals surface area contributed by atoms with E-state index in [9.17, 15) is 43.2 Å². The summed E-state index contributed by atoms with van der Waals surface area (Å²) >= 11 is 0. The Bertz CT molecular complexity index is 2300. The van der Waals surface area contributed by atoms with E-state index in [1.165, 1.54) is 77.0 Å². The minimum atomic E-state index is -5.00. The van der Waals surface area contributed by atoms with Gasteiger partial charge in [-0.2, -0.15) is 0 Å². The maximum atomic E-state index is 13.0. The smallest absolute Gasteiger partial charge is 0.462 e. The lowest BCUT2D eigenvalue weighted by molar-refractivity contribution is -0.161. The molecule has 0 aliphatic heterocycles. The Morgan fingerprint density at radius 1 is 0.312 bits per heavy atom. The largest absolute Gasteiger partial charge is 0.472 e. The molecule has 0 spiro atoms. The molecular weight excluding hydrogens is 1260 g/mol. The second-order valence-corrected chi connectivity index (χ2v) is 27.0.